The molecule has 1 N–H and O–H groups in total. The smallest absolute Gasteiger partial charge is 0.407 e. The molecule has 2 amide bonds. The second kappa shape index (κ2) is 9.20. The summed E-state index contributed by atoms with van der Waals surface area (Å²) in [5.41, 5.74) is 2.46. The fraction of sp³-hybridized carbons (Fsp3) is 0.455. The van der Waals surface area contributed by atoms with Gasteiger partial charge in [0.05, 0.1) is 18.8 Å². The van der Waals surface area contributed by atoms with Gasteiger partial charge in [-0.15, -0.1) is 0 Å². The van der Waals surface area contributed by atoms with E-state index in [2.05, 4.69) is 10.3 Å². The van der Waals surface area contributed by atoms with Gasteiger partial charge in [-0.25, -0.2) is 14.6 Å². The van der Waals surface area contributed by atoms with E-state index in [1.807, 2.05) is 25.1 Å². The number of ether oxygens (including phenoxy) is 2. The number of nitrogens with zero attached hydrogens (tertiary/aromatic N) is 3. The highest BCUT2D eigenvalue weighted by molar-refractivity contribution is 5.94. The van der Waals surface area contributed by atoms with Gasteiger partial charge in [0.2, 0.25) is 5.91 Å². The van der Waals surface area contributed by atoms with Crippen molar-refractivity contribution in [2.75, 3.05) is 11.5 Å². The zero-order valence-electron chi connectivity index (χ0n) is 18.4. The second-order valence-corrected chi connectivity index (χ2v) is 7.75. The van der Waals surface area contributed by atoms with Crippen LogP contribution in [0.5, 0.6) is 0 Å². The van der Waals surface area contributed by atoms with Gasteiger partial charge in [-0.05, 0) is 52.3 Å². The fourth-order valence-corrected chi connectivity index (χ4v) is 3.79. The lowest BCUT2D eigenvalue weighted by molar-refractivity contribution is -0.117. The lowest BCUT2D eigenvalue weighted by Crippen LogP contribution is -2.45. The molecule has 9 nitrogen and oxygen atoms in total. The number of imidazole rings is 1. The van der Waals surface area contributed by atoms with Crippen LogP contribution >= 0.6 is 0 Å². The van der Waals surface area contributed by atoms with Gasteiger partial charge in [-0.1, -0.05) is 0 Å². The summed E-state index contributed by atoms with van der Waals surface area (Å²) < 4.78 is 11.9. The third-order valence-corrected chi connectivity index (χ3v) is 5.00. The molecule has 0 aliphatic carbocycles. The van der Waals surface area contributed by atoms with Crippen molar-refractivity contribution in [1.82, 2.24) is 14.9 Å². The highest BCUT2D eigenvalue weighted by atomic mass is 16.6. The molecule has 0 saturated heterocycles. The Morgan fingerprint density at radius 1 is 1.29 bits per heavy atom. The Hall–Kier alpha value is -3.36. The molecule has 1 aromatic carbocycles. The van der Waals surface area contributed by atoms with Crippen molar-refractivity contribution in [3.63, 3.8) is 0 Å². The van der Waals surface area contributed by atoms with Gasteiger partial charge >= 0.3 is 12.1 Å². The van der Waals surface area contributed by atoms with E-state index in [4.69, 9.17) is 9.47 Å². The number of nitrogens with one attached hydrogen (secondary N) is 1. The molecular weight excluding hydrogens is 400 g/mol. The average Bonchev–Trinajstić information content (AvgIpc) is 3.17. The molecule has 0 radical (unpaired) electrons. The molecule has 1 aromatic heterocycles. The zero-order valence-corrected chi connectivity index (χ0v) is 18.4. The summed E-state index contributed by atoms with van der Waals surface area (Å²) in [5, 5.41) is 2.92. The van der Waals surface area contributed by atoms with Gasteiger partial charge in [0, 0.05) is 36.1 Å². The van der Waals surface area contributed by atoms with Crippen LogP contribution in [-0.2, 0) is 14.3 Å². The Kier molecular flexibility index (Phi) is 6.62. The molecule has 0 saturated carbocycles. The SMILES string of the molecule is CCOC(=O)c1cn(-c2ccc3c(c2)[C@H](NC(=O)OC(C)C)C[C@H](C)N3C(C)=O)cn1. The minimum atomic E-state index is -0.507. The predicted octanol–water partition coefficient (Wildman–Crippen LogP) is 3.37. The second-order valence-electron chi connectivity index (χ2n) is 7.75. The topological polar surface area (TPSA) is 103 Å². The third kappa shape index (κ3) is 4.87. The van der Waals surface area contributed by atoms with Gasteiger partial charge in [0.1, 0.15) is 6.33 Å². The van der Waals surface area contributed by atoms with Crippen LogP contribution in [0.4, 0.5) is 10.5 Å². The number of aromatic nitrogens is 2. The Morgan fingerprint density at radius 3 is 2.68 bits per heavy atom. The van der Waals surface area contributed by atoms with Crippen LogP contribution < -0.4 is 10.2 Å². The number of carbonyl (C=O) groups excluding carboxylic acids is 3. The van der Waals surface area contributed by atoms with Gasteiger partial charge in [0.15, 0.2) is 5.69 Å². The van der Waals surface area contributed by atoms with E-state index in [9.17, 15) is 14.4 Å². The summed E-state index contributed by atoms with van der Waals surface area (Å²) in [4.78, 5) is 42.3. The van der Waals surface area contributed by atoms with Gasteiger partial charge in [0.25, 0.3) is 0 Å². The first kappa shape index (κ1) is 22.3. The van der Waals surface area contributed by atoms with Crippen molar-refractivity contribution in [3.8, 4) is 5.69 Å². The van der Waals surface area contributed by atoms with E-state index in [-0.39, 0.29) is 36.4 Å². The van der Waals surface area contributed by atoms with Crippen LogP contribution in [0.1, 0.15) is 63.1 Å². The Balaban J connectivity index is 1.98. The maximum absolute atomic E-state index is 12.3. The normalized spacial score (nSPS) is 17.8. The van der Waals surface area contributed by atoms with Gasteiger partial charge in [-0.3, -0.25) is 4.79 Å². The third-order valence-electron chi connectivity index (χ3n) is 5.00. The van der Waals surface area contributed by atoms with Crippen molar-refractivity contribution in [2.45, 2.75) is 59.2 Å². The molecule has 2 atom stereocenters. The molecule has 31 heavy (non-hydrogen) atoms. The van der Waals surface area contributed by atoms with Crippen LogP contribution in [0.3, 0.4) is 0 Å². The highest BCUT2D eigenvalue weighted by Crippen LogP contribution is 2.38. The highest BCUT2D eigenvalue weighted by Gasteiger charge is 2.34. The Bertz CT molecular complexity index is 984. The van der Waals surface area contributed by atoms with E-state index >= 15 is 0 Å². The van der Waals surface area contributed by atoms with Crippen molar-refractivity contribution in [3.05, 3.63) is 42.0 Å². The van der Waals surface area contributed by atoms with Crippen LogP contribution in [0.15, 0.2) is 30.7 Å². The van der Waals surface area contributed by atoms with E-state index in [1.165, 1.54) is 13.3 Å². The number of alkyl carbamates (subject to hydrolysis) is 1. The molecule has 0 bridgehead atoms. The summed E-state index contributed by atoms with van der Waals surface area (Å²) in [5.74, 6) is -0.566. The zero-order chi connectivity index (χ0) is 22.7. The minimum Gasteiger partial charge on any atom is -0.461 e. The molecule has 0 fully saturated rings. The molecular formula is C22H28N4O5. The molecule has 1 aliphatic rings. The number of esters is 1. The number of carbonyl (C=O) groups is 3. The largest absolute Gasteiger partial charge is 0.461 e. The van der Waals surface area contributed by atoms with E-state index in [1.54, 1.807) is 36.4 Å². The fourth-order valence-electron chi connectivity index (χ4n) is 3.79. The van der Waals surface area contributed by atoms with Crippen molar-refractivity contribution >= 4 is 23.7 Å². The number of anilines is 1. The first-order valence-corrected chi connectivity index (χ1v) is 10.3. The van der Waals surface area contributed by atoms with Crippen LogP contribution in [-0.4, -0.2) is 46.3 Å². The minimum absolute atomic E-state index is 0.0723. The summed E-state index contributed by atoms with van der Waals surface area (Å²) in [6.07, 6.45) is 2.90. The van der Waals surface area contributed by atoms with E-state index < -0.39 is 12.1 Å². The number of amides is 2. The lowest BCUT2D eigenvalue weighted by Gasteiger charge is -2.39. The van der Waals surface area contributed by atoms with Crippen LogP contribution in [0.2, 0.25) is 0 Å². The standard InChI is InChI=1S/C22H28N4O5/c1-6-30-21(28)19-11-25(12-23-19)16-7-8-20-17(10-16)18(24-22(29)31-13(2)3)9-14(4)26(20)15(5)27/h7-8,10-14,18H,6,9H2,1-5H3,(H,24,29)/t14-,18+/m0/s1. The predicted molar refractivity (Wildman–Crippen MR) is 114 cm³/mol. The monoisotopic (exact) mass is 428 g/mol. The van der Waals surface area contributed by atoms with E-state index in [0.717, 1.165) is 16.9 Å². The number of benzene rings is 1. The molecule has 2 aromatic rings. The molecule has 3 rings (SSSR count). The maximum Gasteiger partial charge on any atom is 0.407 e. The van der Waals surface area contributed by atoms with E-state index in [0.29, 0.717) is 6.42 Å². The first-order chi connectivity index (χ1) is 14.7. The molecule has 9 heteroatoms. The maximum atomic E-state index is 12.3. The Labute approximate surface area is 181 Å². The Morgan fingerprint density at radius 2 is 2.03 bits per heavy atom. The van der Waals surface area contributed by atoms with Crippen LogP contribution in [0, 0.1) is 0 Å². The number of hydrogen-bond donors (Lipinski definition) is 1. The molecule has 2 heterocycles. The summed E-state index contributed by atoms with van der Waals surface area (Å²) >= 11 is 0. The summed E-state index contributed by atoms with van der Waals surface area (Å²) in [6, 6.07) is 5.14. The van der Waals surface area contributed by atoms with Crippen LogP contribution in [0.25, 0.3) is 5.69 Å². The quantitative estimate of drug-likeness (QED) is 0.733. The molecule has 1 aliphatic heterocycles. The number of hydrogen-bond acceptors (Lipinski definition) is 6. The van der Waals surface area contributed by atoms with Crippen molar-refractivity contribution < 1.29 is 23.9 Å². The summed E-state index contributed by atoms with van der Waals surface area (Å²) in [7, 11) is 0. The average molecular weight is 428 g/mol. The number of rotatable bonds is 5. The number of fused-ring (bicyclic) bond motifs is 1. The summed E-state index contributed by atoms with van der Waals surface area (Å²) in [6.45, 7) is 9.04. The molecule has 166 valence electrons. The van der Waals surface area contributed by atoms with Crippen molar-refractivity contribution in [1.29, 1.82) is 0 Å². The van der Waals surface area contributed by atoms with Gasteiger partial charge in [-0.2, -0.15) is 0 Å². The molecule has 0 unspecified atom stereocenters. The first-order valence-electron chi connectivity index (χ1n) is 10.3. The van der Waals surface area contributed by atoms with Crippen molar-refractivity contribution in [2.24, 2.45) is 0 Å². The molecule has 0 spiro atoms. The van der Waals surface area contributed by atoms with Gasteiger partial charge < -0.3 is 24.3 Å². The lowest BCUT2D eigenvalue weighted by atomic mass is 9.91.